The summed E-state index contributed by atoms with van der Waals surface area (Å²) in [5.74, 6) is 0.305. The fourth-order valence-corrected chi connectivity index (χ4v) is 4.51. The lowest BCUT2D eigenvalue weighted by Crippen LogP contribution is -2.22. The normalized spacial score (nSPS) is 14.1. The van der Waals surface area contributed by atoms with Gasteiger partial charge >= 0.3 is 0 Å². The first-order chi connectivity index (χ1) is 16.5. The van der Waals surface area contributed by atoms with E-state index in [-0.39, 0.29) is 17.6 Å². The fourth-order valence-electron chi connectivity index (χ4n) is 4.32. The molecule has 6 nitrogen and oxygen atoms in total. The van der Waals surface area contributed by atoms with Gasteiger partial charge in [-0.2, -0.15) is 5.10 Å². The lowest BCUT2D eigenvalue weighted by atomic mass is 9.93. The Morgan fingerprint density at radius 1 is 0.971 bits per heavy atom. The maximum atomic E-state index is 13.2. The predicted molar refractivity (Wildman–Crippen MR) is 134 cm³/mol. The van der Waals surface area contributed by atoms with Crippen LogP contribution in [-0.4, -0.2) is 17.5 Å². The number of nitrogens with zero attached hydrogens (tertiary/aromatic N) is 1. The van der Waals surface area contributed by atoms with Crippen molar-refractivity contribution in [2.45, 2.75) is 26.2 Å². The SMILES string of the molecule is Cc1c(C(=O)Nc2cccc3ccccc23)oc2c1/C(=N/NC(=O)c1cccc(Cl)c1)CCC2. The van der Waals surface area contributed by atoms with E-state index in [0.717, 1.165) is 28.4 Å². The number of amides is 2. The highest BCUT2D eigenvalue weighted by Gasteiger charge is 2.28. The molecule has 0 bridgehead atoms. The summed E-state index contributed by atoms with van der Waals surface area (Å²) in [5, 5.41) is 9.84. The van der Waals surface area contributed by atoms with Gasteiger partial charge < -0.3 is 9.73 Å². The van der Waals surface area contributed by atoms with E-state index >= 15 is 0 Å². The molecule has 0 saturated heterocycles. The molecule has 0 unspecified atom stereocenters. The molecule has 0 spiro atoms. The largest absolute Gasteiger partial charge is 0.455 e. The van der Waals surface area contributed by atoms with Crippen LogP contribution in [0, 0.1) is 6.92 Å². The Balaban J connectivity index is 1.41. The Morgan fingerprint density at radius 3 is 2.62 bits per heavy atom. The Morgan fingerprint density at radius 2 is 1.76 bits per heavy atom. The lowest BCUT2D eigenvalue weighted by molar-refractivity contribution is 0.0953. The Labute approximate surface area is 201 Å². The third-order valence-electron chi connectivity index (χ3n) is 5.95. The topological polar surface area (TPSA) is 83.7 Å². The van der Waals surface area contributed by atoms with E-state index in [2.05, 4.69) is 15.8 Å². The zero-order valence-corrected chi connectivity index (χ0v) is 19.3. The molecule has 5 rings (SSSR count). The highest BCUT2D eigenvalue weighted by atomic mass is 35.5. The number of hydrogen-bond donors (Lipinski definition) is 2. The van der Waals surface area contributed by atoms with Crippen molar-refractivity contribution < 1.29 is 14.0 Å². The third-order valence-corrected chi connectivity index (χ3v) is 6.18. The lowest BCUT2D eigenvalue weighted by Gasteiger charge is -2.13. The monoisotopic (exact) mass is 471 g/mol. The molecule has 0 radical (unpaired) electrons. The highest BCUT2D eigenvalue weighted by Crippen LogP contribution is 2.31. The number of furan rings is 1. The number of anilines is 1. The van der Waals surface area contributed by atoms with E-state index in [1.807, 2.05) is 49.4 Å². The van der Waals surface area contributed by atoms with Gasteiger partial charge in [-0.15, -0.1) is 0 Å². The van der Waals surface area contributed by atoms with Crippen LogP contribution in [0.1, 0.15) is 50.6 Å². The maximum Gasteiger partial charge on any atom is 0.291 e. The summed E-state index contributed by atoms with van der Waals surface area (Å²) in [4.78, 5) is 25.7. The van der Waals surface area contributed by atoms with Gasteiger partial charge in [0.25, 0.3) is 11.8 Å². The van der Waals surface area contributed by atoms with Crippen LogP contribution in [0.2, 0.25) is 5.02 Å². The molecule has 0 atom stereocenters. The van der Waals surface area contributed by atoms with Gasteiger partial charge in [0.15, 0.2) is 5.76 Å². The molecule has 0 saturated carbocycles. The second-order valence-corrected chi connectivity index (χ2v) is 8.63. The van der Waals surface area contributed by atoms with Crippen molar-refractivity contribution in [2.24, 2.45) is 5.10 Å². The Kier molecular flexibility index (Phi) is 5.90. The van der Waals surface area contributed by atoms with Crippen molar-refractivity contribution in [3.63, 3.8) is 0 Å². The summed E-state index contributed by atoms with van der Waals surface area (Å²) in [6, 6.07) is 20.3. The molecular weight excluding hydrogens is 450 g/mol. The molecule has 4 aromatic rings. The number of halogens is 1. The number of hydrogen-bond acceptors (Lipinski definition) is 4. The van der Waals surface area contributed by atoms with Crippen LogP contribution in [0.5, 0.6) is 0 Å². The van der Waals surface area contributed by atoms with Gasteiger partial charge in [-0.05, 0) is 49.4 Å². The van der Waals surface area contributed by atoms with E-state index in [4.69, 9.17) is 16.0 Å². The number of nitrogens with one attached hydrogen (secondary N) is 2. The van der Waals surface area contributed by atoms with Crippen LogP contribution in [0.25, 0.3) is 10.8 Å². The van der Waals surface area contributed by atoms with Gasteiger partial charge in [-0.1, -0.05) is 54.1 Å². The molecule has 1 heterocycles. The van der Waals surface area contributed by atoms with Gasteiger partial charge in [-0.3, -0.25) is 9.59 Å². The Hall–Kier alpha value is -3.90. The van der Waals surface area contributed by atoms with Gasteiger partial charge in [0.2, 0.25) is 0 Å². The minimum absolute atomic E-state index is 0.258. The van der Waals surface area contributed by atoms with E-state index in [1.165, 1.54) is 0 Å². The van der Waals surface area contributed by atoms with Gasteiger partial charge in [0.05, 0.1) is 5.71 Å². The number of carbonyl (C=O) groups is 2. The summed E-state index contributed by atoms with van der Waals surface area (Å²) in [6.07, 6.45) is 2.20. The minimum atomic E-state index is -0.350. The van der Waals surface area contributed by atoms with Crippen LogP contribution in [0.4, 0.5) is 5.69 Å². The van der Waals surface area contributed by atoms with Crippen molar-refractivity contribution in [1.82, 2.24) is 5.43 Å². The molecule has 3 aromatic carbocycles. The molecule has 0 fully saturated rings. The van der Waals surface area contributed by atoms with Gasteiger partial charge in [0.1, 0.15) is 5.76 Å². The number of benzene rings is 3. The molecule has 2 amide bonds. The smallest absolute Gasteiger partial charge is 0.291 e. The molecular formula is C27H22ClN3O3. The summed E-state index contributed by atoms with van der Waals surface area (Å²) < 4.78 is 6.00. The van der Waals surface area contributed by atoms with Crippen molar-refractivity contribution in [1.29, 1.82) is 0 Å². The van der Waals surface area contributed by atoms with Crippen molar-refractivity contribution >= 4 is 45.6 Å². The number of aryl methyl sites for hydroxylation is 1. The van der Waals surface area contributed by atoms with Gasteiger partial charge in [0, 0.05) is 39.2 Å². The average molecular weight is 472 g/mol. The van der Waals surface area contributed by atoms with E-state index in [1.54, 1.807) is 24.3 Å². The maximum absolute atomic E-state index is 13.2. The fraction of sp³-hybridized carbons (Fsp3) is 0.148. The molecule has 0 aliphatic heterocycles. The van der Waals surface area contributed by atoms with Crippen LogP contribution < -0.4 is 10.7 Å². The molecule has 7 heteroatoms. The molecule has 34 heavy (non-hydrogen) atoms. The first kappa shape index (κ1) is 21.9. The molecule has 1 aliphatic rings. The second-order valence-electron chi connectivity index (χ2n) is 8.20. The summed E-state index contributed by atoms with van der Waals surface area (Å²) >= 11 is 5.98. The van der Waals surface area contributed by atoms with E-state index in [0.29, 0.717) is 40.5 Å². The quantitative estimate of drug-likeness (QED) is 0.352. The first-order valence-corrected chi connectivity index (χ1v) is 11.4. The number of hydrazone groups is 1. The summed E-state index contributed by atoms with van der Waals surface area (Å²) in [7, 11) is 0. The van der Waals surface area contributed by atoms with E-state index < -0.39 is 0 Å². The zero-order chi connectivity index (χ0) is 23.7. The van der Waals surface area contributed by atoms with Crippen molar-refractivity contribution in [2.75, 3.05) is 5.32 Å². The van der Waals surface area contributed by atoms with Crippen LogP contribution in [0.15, 0.2) is 76.2 Å². The standard InChI is InChI=1S/C27H22ClN3O3/c1-16-24-22(30-31-26(32)18-9-4-10-19(28)15-18)13-6-14-23(24)34-25(16)27(33)29-21-12-5-8-17-7-2-3-11-20(17)21/h2-5,7-12,15H,6,13-14H2,1H3,(H,29,33)(H,31,32)/b30-22+. The second kappa shape index (κ2) is 9.15. The van der Waals surface area contributed by atoms with Crippen molar-refractivity contribution in [3.8, 4) is 0 Å². The zero-order valence-electron chi connectivity index (χ0n) is 18.5. The predicted octanol–water partition coefficient (Wildman–Crippen LogP) is 6.12. The minimum Gasteiger partial charge on any atom is -0.455 e. The third kappa shape index (κ3) is 4.20. The molecule has 1 aliphatic carbocycles. The van der Waals surface area contributed by atoms with Crippen molar-refractivity contribution in [3.05, 3.63) is 100.0 Å². The number of fused-ring (bicyclic) bond motifs is 2. The highest BCUT2D eigenvalue weighted by molar-refractivity contribution is 6.31. The number of rotatable bonds is 4. The molecule has 2 N–H and O–H groups in total. The summed E-state index contributed by atoms with van der Waals surface area (Å²) in [5.41, 5.74) is 5.96. The van der Waals surface area contributed by atoms with Gasteiger partial charge in [-0.25, -0.2) is 5.43 Å². The molecule has 170 valence electrons. The van der Waals surface area contributed by atoms with Crippen LogP contribution in [0.3, 0.4) is 0 Å². The van der Waals surface area contributed by atoms with E-state index in [9.17, 15) is 9.59 Å². The van der Waals surface area contributed by atoms with Crippen LogP contribution >= 0.6 is 11.6 Å². The van der Waals surface area contributed by atoms with Crippen LogP contribution in [-0.2, 0) is 6.42 Å². The first-order valence-electron chi connectivity index (χ1n) is 11.1. The molecule has 1 aromatic heterocycles. The summed E-state index contributed by atoms with van der Waals surface area (Å²) in [6.45, 7) is 1.85. The number of carbonyl (C=O) groups excluding carboxylic acids is 2. The Bertz CT molecular complexity index is 1450. The average Bonchev–Trinajstić information content (AvgIpc) is 3.20.